The van der Waals surface area contributed by atoms with E-state index < -0.39 is 0 Å². The lowest BCUT2D eigenvalue weighted by Gasteiger charge is -2.27. The van der Waals surface area contributed by atoms with Gasteiger partial charge in [0.25, 0.3) is 0 Å². The second kappa shape index (κ2) is 8.20. The van der Waals surface area contributed by atoms with Crippen molar-refractivity contribution in [3.8, 4) is 0 Å². The lowest BCUT2D eigenvalue weighted by molar-refractivity contribution is 0.733. The molecule has 0 amide bonds. The molecule has 3 heteroatoms. The topological polar surface area (TPSA) is 3.24 Å². The van der Waals surface area contributed by atoms with Crippen molar-refractivity contribution >= 4 is 48.9 Å². The number of hydrogen-bond acceptors (Lipinski definition) is 1. The molecule has 0 aliphatic carbocycles. The summed E-state index contributed by atoms with van der Waals surface area (Å²) in [5.41, 5.74) is 4.78. The van der Waals surface area contributed by atoms with Gasteiger partial charge in [-0.3, -0.25) is 0 Å². The molecule has 0 saturated carbocycles. The summed E-state index contributed by atoms with van der Waals surface area (Å²) in [6.07, 6.45) is 1.15. The van der Waals surface area contributed by atoms with Crippen molar-refractivity contribution in [1.82, 2.24) is 0 Å². The summed E-state index contributed by atoms with van der Waals surface area (Å²) in [6.45, 7) is 4.50. The Morgan fingerprint density at radius 3 is 2.08 bits per heavy atom. The van der Waals surface area contributed by atoms with Crippen molar-refractivity contribution in [2.75, 3.05) is 4.90 Å². The highest BCUT2D eigenvalue weighted by Gasteiger charge is 2.16. The Bertz CT molecular complexity index is 828. The molecule has 0 bridgehead atoms. The normalized spacial score (nSPS) is 12.0. The van der Waals surface area contributed by atoms with Crippen LogP contribution in [0.25, 0.3) is 0 Å². The van der Waals surface area contributed by atoms with E-state index in [1.165, 1.54) is 5.56 Å². The van der Waals surface area contributed by atoms with Gasteiger partial charge in [0, 0.05) is 15.8 Å². The molecule has 25 heavy (non-hydrogen) atoms. The van der Waals surface area contributed by atoms with Gasteiger partial charge >= 0.3 is 0 Å². The molecule has 0 fully saturated rings. The van der Waals surface area contributed by atoms with Crippen LogP contribution in [0.2, 0.25) is 0 Å². The van der Waals surface area contributed by atoms with E-state index in [9.17, 15) is 0 Å². The molecule has 1 atom stereocenters. The highest BCUT2D eigenvalue weighted by atomic mass is 79.9. The molecule has 0 radical (unpaired) electrons. The SMILES string of the molecule is CCC(C)c1ccc(N(c2ccccc2)c2cccc(Br)c2Br)cc1. The Kier molecular flexibility index (Phi) is 5.98. The number of para-hydroxylation sites is 1. The van der Waals surface area contributed by atoms with E-state index in [4.69, 9.17) is 0 Å². The molecule has 0 aliphatic rings. The van der Waals surface area contributed by atoms with Crippen molar-refractivity contribution in [2.45, 2.75) is 26.2 Å². The Balaban J connectivity index is 2.11. The number of benzene rings is 3. The van der Waals surface area contributed by atoms with E-state index in [0.717, 1.165) is 32.4 Å². The maximum Gasteiger partial charge on any atom is 0.0615 e. The van der Waals surface area contributed by atoms with Gasteiger partial charge in [0.05, 0.1) is 10.2 Å². The Morgan fingerprint density at radius 1 is 0.800 bits per heavy atom. The molecule has 3 rings (SSSR count). The van der Waals surface area contributed by atoms with Crippen LogP contribution in [0.5, 0.6) is 0 Å². The molecular weight excluding hydrogens is 438 g/mol. The highest BCUT2D eigenvalue weighted by molar-refractivity contribution is 9.13. The maximum atomic E-state index is 3.74. The maximum absolute atomic E-state index is 3.74. The predicted octanol–water partition coefficient (Wildman–Crippen LogP) is 8.19. The summed E-state index contributed by atoms with van der Waals surface area (Å²) >= 11 is 7.36. The van der Waals surface area contributed by atoms with Crippen LogP contribution in [-0.4, -0.2) is 0 Å². The first-order valence-corrected chi connectivity index (χ1v) is 10.1. The van der Waals surface area contributed by atoms with E-state index in [0.29, 0.717) is 5.92 Å². The minimum atomic E-state index is 0.580. The second-order valence-corrected chi connectivity index (χ2v) is 7.79. The molecule has 3 aromatic rings. The molecule has 0 aliphatic heterocycles. The molecule has 0 heterocycles. The molecule has 0 aromatic heterocycles. The summed E-state index contributed by atoms with van der Waals surface area (Å²) in [4.78, 5) is 2.27. The monoisotopic (exact) mass is 457 g/mol. The largest absolute Gasteiger partial charge is 0.309 e. The first-order valence-electron chi connectivity index (χ1n) is 8.51. The molecule has 0 N–H and O–H groups in total. The smallest absolute Gasteiger partial charge is 0.0615 e. The van der Waals surface area contributed by atoms with Crippen LogP contribution in [0.3, 0.4) is 0 Å². The van der Waals surface area contributed by atoms with Crippen LogP contribution < -0.4 is 4.90 Å². The van der Waals surface area contributed by atoms with Crippen LogP contribution in [-0.2, 0) is 0 Å². The van der Waals surface area contributed by atoms with Crippen molar-refractivity contribution < 1.29 is 0 Å². The third kappa shape index (κ3) is 3.99. The average Bonchev–Trinajstić information content (AvgIpc) is 2.66. The fraction of sp³-hybridized carbons (Fsp3) is 0.182. The second-order valence-electron chi connectivity index (χ2n) is 6.14. The molecule has 1 nitrogen and oxygen atoms in total. The summed E-state index contributed by atoms with van der Waals surface area (Å²) < 4.78 is 2.09. The zero-order valence-electron chi connectivity index (χ0n) is 14.4. The van der Waals surface area contributed by atoms with Crippen molar-refractivity contribution in [3.63, 3.8) is 0 Å². The molecule has 128 valence electrons. The van der Waals surface area contributed by atoms with E-state index >= 15 is 0 Å². The third-order valence-corrected chi connectivity index (χ3v) is 6.55. The molecule has 3 aromatic carbocycles. The van der Waals surface area contributed by atoms with Crippen LogP contribution >= 0.6 is 31.9 Å². The van der Waals surface area contributed by atoms with Gasteiger partial charge in [0.2, 0.25) is 0 Å². The van der Waals surface area contributed by atoms with Crippen LogP contribution in [0.1, 0.15) is 31.7 Å². The van der Waals surface area contributed by atoms with Gasteiger partial charge in [-0.05, 0) is 86.2 Å². The van der Waals surface area contributed by atoms with Crippen molar-refractivity contribution in [2.24, 2.45) is 0 Å². The van der Waals surface area contributed by atoms with E-state index in [2.05, 4.69) is 111 Å². The van der Waals surface area contributed by atoms with Gasteiger partial charge in [0.15, 0.2) is 0 Å². The van der Waals surface area contributed by atoms with Crippen LogP contribution in [0.4, 0.5) is 17.1 Å². The average molecular weight is 459 g/mol. The van der Waals surface area contributed by atoms with Crippen LogP contribution in [0.15, 0.2) is 81.7 Å². The first-order chi connectivity index (χ1) is 12.1. The first kappa shape index (κ1) is 18.2. The highest BCUT2D eigenvalue weighted by Crippen LogP contribution is 2.41. The van der Waals surface area contributed by atoms with E-state index in [-0.39, 0.29) is 0 Å². The van der Waals surface area contributed by atoms with E-state index in [1.807, 2.05) is 12.1 Å². The lowest BCUT2D eigenvalue weighted by Crippen LogP contribution is -2.10. The fourth-order valence-corrected chi connectivity index (χ4v) is 3.65. The minimum Gasteiger partial charge on any atom is -0.309 e. The molecule has 0 saturated heterocycles. The van der Waals surface area contributed by atoms with Crippen molar-refractivity contribution in [3.05, 3.63) is 87.3 Å². The summed E-state index contributed by atoms with van der Waals surface area (Å²) in [5, 5.41) is 0. The number of rotatable bonds is 5. The van der Waals surface area contributed by atoms with Gasteiger partial charge in [-0.25, -0.2) is 0 Å². The molecular formula is C22H21Br2N. The number of anilines is 3. The third-order valence-electron chi connectivity index (χ3n) is 4.52. The number of nitrogens with zero attached hydrogens (tertiary/aromatic N) is 1. The standard InChI is InChI=1S/C22H21Br2N/c1-3-16(2)17-12-14-19(15-13-17)25(18-8-5-4-6-9-18)21-11-7-10-20(23)22(21)24/h4-16H,3H2,1-2H3. The minimum absolute atomic E-state index is 0.580. The molecule has 0 spiro atoms. The lowest BCUT2D eigenvalue weighted by atomic mass is 9.98. The Labute approximate surface area is 167 Å². The number of hydrogen-bond donors (Lipinski definition) is 0. The zero-order valence-corrected chi connectivity index (χ0v) is 17.6. The Morgan fingerprint density at radius 2 is 1.44 bits per heavy atom. The Hall–Kier alpha value is -1.58. The summed E-state index contributed by atoms with van der Waals surface area (Å²) in [5.74, 6) is 0.580. The van der Waals surface area contributed by atoms with Gasteiger partial charge in [0.1, 0.15) is 0 Å². The quantitative estimate of drug-likeness (QED) is 0.372. The zero-order chi connectivity index (χ0) is 17.8. The fourth-order valence-electron chi connectivity index (χ4n) is 2.86. The summed E-state index contributed by atoms with van der Waals surface area (Å²) in [7, 11) is 0. The number of halogens is 2. The van der Waals surface area contributed by atoms with Gasteiger partial charge in [-0.15, -0.1) is 0 Å². The predicted molar refractivity (Wildman–Crippen MR) is 115 cm³/mol. The van der Waals surface area contributed by atoms with Crippen LogP contribution in [0, 0.1) is 0 Å². The van der Waals surface area contributed by atoms with Gasteiger partial charge < -0.3 is 4.90 Å². The molecule has 1 unspecified atom stereocenters. The van der Waals surface area contributed by atoms with Gasteiger partial charge in [-0.1, -0.05) is 50.2 Å². The van der Waals surface area contributed by atoms with Crippen molar-refractivity contribution in [1.29, 1.82) is 0 Å². The van der Waals surface area contributed by atoms with E-state index in [1.54, 1.807) is 0 Å². The van der Waals surface area contributed by atoms with Gasteiger partial charge in [-0.2, -0.15) is 0 Å². The summed E-state index contributed by atoms with van der Waals surface area (Å²) in [6, 6.07) is 25.6.